The molecular formula is C27H32N2O6. The molecule has 35 heavy (non-hydrogen) atoms. The quantitative estimate of drug-likeness (QED) is 0.557. The Balaban J connectivity index is 0.000000371. The van der Waals surface area contributed by atoms with Crippen LogP contribution < -0.4 is 4.74 Å². The van der Waals surface area contributed by atoms with Gasteiger partial charge in [-0.3, -0.25) is 9.69 Å². The topological polar surface area (TPSA) is 107 Å². The minimum atomic E-state index is -1.26. The van der Waals surface area contributed by atoms with Gasteiger partial charge in [-0.15, -0.1) is 0 Å². The van der Waals surface area contributed by atoms with Crippen molar-refractivity contribution in [2.45, 2.75) is 26.3 Å². The highest BCUT2D eigenvalue weighted by Gasteiger charge is 2.30. The summed E-state index contributed by atoms with van der Waals surface area (Å²) in [5.41, 5.74) is 3.25. The SMILES string of the molecule is Cc1ccccc1OCCN1CCC(CN2Cc3ccccc3C2=O)CC1.O=C(O)C=CC(=O)O. The number of rotatable bonds is 8. The molecule has 2 heterocycles. The Morgan fingerprint density at radius 3 is 2.26 bits per heavy atom. The number of aryl methyl sites for hydroxylation is 1. The van der Waals surface area contributed by atoms with Crippen LogP contribution in [0.3, 0.4) is 0 Å². The molecule has 186 valence electrons. The average molecular weight is 481 g/mol. The fourth-order valence-corrected chi connectivity index (χ4v) is 4.31. The van der Waals surface area contributed by atoms with Crippen molar-refractivity contribution in [2.24, 2.45) is 5.92 Å². The molecule has 0 aromatic heterocycles. The minimum absolute atomic E-state index is 0.208. The largest absolute Gasteiger partial charge is 0.492 e. The number of carboxylic acid groups (broad SMARTS) is 2. The molecule has 0 aliphatic carbocycles. The van der Waals surface area contributed by atoms with Crippen molar-refractivity contribution >= 4 is 17.8 Å². The highest BCUT2D eigenvalue weighted by molar-refractivity contribution is 5.98. The molecule has 4 rings (SSSR count). The second kappa shape index (κ2) is 12.7. The zero-order valence-electron chi connectivity index (χ0n) is 19.9. The van der Waals surface area contributed by atoms with Crippen LogP contribution in [0.1, 0.15) is 34.3 Å². The van der Waals surface area contributed by atoms with E-state index >= 15 is 0 Å². The summed E-state index contributed by atoms with van der Waals surface area (Å²) in [4.78, 5) is 36.2. The van der Waals surface area contributed by atoms with Crippen molar-refractivity contribution < 1.29 is 29.3 Å². The van der Waals surface area contributed by atoms with Gasteiger partial charge in [-0.2, -0.15) is 0 Å². The molecule has 2 aliphatic heterocycles. The Morgan fingerprint density at radius 2 is 1.63 bits per heavy atom. The normalized spacial score (nSPS) is 16.0. The summed E-state index contributed by atoms with van der Waals surface area (Å²) < 4.78 is 5.93. The number of hydrogen-bond acceptors (Lipinski definition) is 5. The van der Waals surface area contributed by atoms with Crippen molar-refractivity contribution in [1.82, 2.24) is 9.80 Å². The third kappa shape index (κ3) is 7.96. The second-order valence-electron chi connectivity index (χ2n) is 8.75. The van der Waals surface area contributed by atoms with E-state index in [1.54, 1.807) is 0 Å². The molecule has 0 bridgehead atoms. The molecule has 0 spiro atoms. The Bertz CT molecular complexity index is 1040. The summed E-state index contributed by atoms with van der Waals surface area (Å²) in [5, 5.41) is 15.6. The van der Waals surface area contributed by atoms with E-state index < -0.39 is 11.9 Å². The van der Waals surface area contributed by atoms with Gasteiger partial charge in [0.2, 0.25) is 0 Å². The third-order valence-electron chi connectivity index (χ3n) is 6.21. The van der Waals surface area contributed by atoms with Gasteiger partial charge < -0.3 is 19.8 Å². The zero-order chi connectivity index (χ0) is 25.2. The van der Waals surface area contributed by atoms with Gasteiger partial charge in [0.05, 0.1) is 0 Å². The van der Waals surface area contributed by atoms with Crippen LogP contribution in [0, 0.1) is 12.8 Å². The maximum Gasteiger partial charge on any atom is 0.328 e. The Labute approximate surface area is 205 Å². The van der Waals surface area contributed by atoms with E-state index in [1.165, 1.54) is 11.1 Å². The summed E-state index contributed by atoms with van der Waals surface area (Å²) in [6.07, 6.45) is 3.43. The third-order valence-corrected chi connectivity index (χ3v) is 6.21. The number of nitrogens with zero attached hydrogens (tertiary/aromatic N) is 2. The first-order valence-electron chi connectivity index (χ1n) is 11.8. The van der Waals surface area contributed by atoms with E-state index in [1.807, 2.05) is 41.3 Å². The van der Waals surface area contributed by atoms with Crippen LogP contribution in [-0.2, 0) is 16.1 Å². The van der Waals surface area contributed by atoms with Gasteiger partial charge in [-0.25, -0.2) is 9.59 Å². The molecule has 1 saturated heterocycles. The second-order valence-corrected chi connectivity index (χ2v) is 8.75. The van der Waals surface area contributed by atoms with Crippen LogP contribution in [0.2, 0.25) is 0 Å². The predicted molar refractivity (Wildman–Crippen MR) is 131 cm³/mol. The summed E-state index contributed by atoms with van der Waals surface area (Å²) >= 11 is 0. The number of piperidine rings is 1. The van der Waals surface area contributed by atoms with Crippen LogP contribution in [0.25, 0.3) is 0 Å². The number of ether oxygens (including phenoxy) is 1. The number of hydrogen-bond donors (Lipinski definition) is 2. The van der Waals surface area contributed by atoms with E-state index in [4.69, 9.17) is 14.9 Å². The number of carbonyl (C=O) groups excluding carboxylic acids is 1. The fraction of sp³-hybridized carbons (Fsp3) is 0.370. The summed E-state index contributed by atoms with van der Waals surface area (Å²) in [7, 11) is 0. The number of carbonyl (C=O) groups is 3. The Morgan fingerprint density at radius 1 is 1.00 bits per heavy atom. The van der Waals surface area contributed by atoms with Crippen molar-refractivity contribution in [3.63, 3.8) is 0 Å². The first-order chi connectivity index (χ1) is 16.8. The van der Waals surface area contributed by atoms with E-state index in [0.29, 0.717) is 18.1 Å². The lowest BCUT2D eigenvalue weighted by atomic mass is 9.96. The molecule has 0 atom stereocenters. The molecule has 0 saturated carbocycles. The first-order valence-corrected chi connectivity index (χ1v) is 11.8. The van der Waals surface area contributed by atoms with Crippen molar-refractivity contribution in [3.8, 4) is 5.75 Å². The molecule has 8 heteroatoms. The molecule has 2 aliphatic rings. The number of para-hydroxylation sites is 1. The van der Waals surface area contributed by atoms with Gasteiger partial charge in [-0.05, 0) is 62.0 Å². The molecule has 0 unspecified atom stereocenters. The molecule has 2 N–H and O–H groups in total. The molecule has 8 nitrogen and oxygen atoms in total. The van der Waals surface area contributed by atoms with Crippen LogP contribution in [-0.4, -0.2) is 70.6 Å². The van der Waals surface area contributed by atoms with E-state index in [0.717, 1.165) is 63.5 Å². The fourth-order valence-electron chi connectivity index (χ4n) is 4.31. The number of fused-ring (bicyclic) bond motifs is 1. The smallest absolute Gasteiger partial charge is 0.328 e. The van der Waals surface area contributed by atoms with Crippen LogP contribution in [0.5, 0.6) is 5.75 Å². The molecule has 2 aromatic carbocycles. The van der Waals surface area contributed by atoms with Gasteiger partial charge in [0.1, 0.15) is 12.4 Å². The molecule has 1 fully saturated rings. The van der Waals surface area contributed by atoms with Crippen molar-refractivity contribution in [2.75, 3.05) is 32.8 Å². The lowest BCUT2D eigenvalue weighted by Gasteiger charge is -2.33. The zero-order valence-corrected chi connectivity index (χ0v) is 19.9. The lowest BCUT2D eigenvalue weighted by Crippen LogP contribution is -2.40. The van der Waals surface area contributed by atoms with Gasteiger partial charge in [0, 0.05) is 37.3 Å². The first kappa shape index (κ1) is 26.0. The minimum Gasteiger partial charge on any atom is -0.492 e. The van der Waals surface area contributed by atoms with E-state index in [-0.39, 0.29) is 5.91 Å². The molecule has 1 amide bonds. The molecule has 0 radical (unpaired) electrons. The van der Waals surface area contributed by atoms with Crippen molar-refractivity contribution in [3.05, 3.63) is 77.4 Å². The van der Waals surface area contributed by atoms with E-state index in [2.05, 4.69) is 24.0 Å². The maximum atomic E-state index is 12.5. The van der Waals surface area contributed by atoms with Crippen molar-refractivity contribution in [1.29, 1.82) is 0 Å². The summed E-state index contributed by atoms with van der Waals surface area (Å²) in [6.45, 7) is 7.64. The molecular weight excluding hydrogens is 448 g/mol. The average Bonchev–Trinajstić information content (AvgIpc) is 3.16. The summed E-state index contributed by atoms with van der Waals surface area (Å²) in [5.74, 6) is -0.712. The summed E-state index contributed by atoms with van der Waals surface area (Å²) in [6, 6.07) is 16.2. The van der Waals surface area contributed by atoms with Gasteiger partial charge in [-0.1, -0.05) is 36.4 Å². The number of carboxylic acids is 2. The van der Waals surface area contributed by atoms with E-state index in [9.17, 15) is 14.4 Å². The van der Waals surface area contributed by atoms with Gasteiger partial charge >= 0.3 is 11.9 Å². The van der Waals surface area contributed by atoms with Crippen LogP contribution >= 0.6 is 0 Å². The standard InChI is InChI=1S/C23H28N2O2.C4H4O4/c1-18-6-2-5-9-22(18)27-15-14-24-12-10-19(11-13-24)16-25-17-20-7-3-4-8-21(20)23(25)26;5-3(6)1-2-4(7)8/h2-9,19H,10-17H2,1H3;1-2H,(H,5,6)(H,7,8). The molecule has 2 aromatic rings. The van der Waals surface area contributed by atoms with Gasteiger partial charge in [0.25, 0.3) is 5.91 Å². The monoisotopic (exact) mass is 480 g/mol. The number of benzene rings is 2. The van der Waals surface area contributed by atoms with Crippen LogP contribution in [0.15, 0.2) is 60.7 Å². The Hall–Kier alpha value is -3.65. The predicted octanol–water partition coefficient (Wildman–Crippen LogP) is 3.45. The maximum absolute atomic E-state index is 12.5. The highest BCUT2D eigenvalue weighted by atomic mass is 16.5. The highest BCUT2D eigenvalue weighted by Crippen LogP contribution is 2.26. The number of likely N-dealkylation sites (tertiary alicyclic amines) is 1. The lowest BCUT2D eigenvalue weighted by molar-refractivity contribution is -0.134. The van der Waals surface area contributed by atoms with Crippen LogP contribution in [0.4, 0.5) is 0 Å². The Kier molecular flexibility index (Phi) is 9.43. The number of aliphatic carboxylic acids is 2. The number of amides is 1. The van der Waals surface area contributed by atoms with Gasteiger partial charge in [0.15, 0.2) is 0 Å².